The first-order valence-corrected chi connectivity index (χ1v) is 6.66. The van der Waals surface area contributed by atoms with E-state index in [9.17, 15) is 4.79 Å². The molecule has 0 bridgehead atoms. The molecule has 1 N–H and O–H groups in total. The molecule has 2 unspecified atom stereocenters. The van der Waals surface area contributed by atoms with Crippen LogP contribution in [0.1, 0.15) is 24.4 Å². The van der Waals surface area contributed by atoms with E-state index in [1.165, 1.54) is 0 Å². The summed E-state index contributed by atoms with van der Waals surface area (Å²) in [4.78, 5) is 14.4. The average Bonchev–Trinajstić information content (AvgIpc) is 2.96. The zero-order valence-corrected chi connectivity index (χ0v) is 11.3. The molecule has 1 aromatic rings. The van der Waals surface area contributed by atoms with Gasteiger partial charge in [-0.05, 0) is 49.4 Å². The van der Waals surface area contributed by atoms with Gasteiger partial charge in [-0.15, -0.1) is 0 Å². The van der Waals surface area contributed by atoms with Gasteiger partial charge in [0.2, 0.25) is 0 Å². The van der Waals surface area contributed by atoms with Gasteiger partial charge in [-0.2, -0.15) is 0 Å². The number of carbonyl (C=O) groups excluding carboxylic acids is 1. The monoisotopic (exact) mass is 268 g/mol. The molecule has 3 rings (SSSR count). The molecule has 2 fully saturated rings. The number of amides is 1. The number of furan rings is 1. The van der Waals surface area contributed by atoms with E-state index in [1.54, 1.807) is 12.1 Å². The van der Waals surface area contributed by atoms with Crippen LogP contribution in [0.5, 0.6) is 0 Å². The summed E-state index contributed by atoms with van der Waals surface area (Å²) in [6, 6.07) is 3.26. The number of fused-ring (bicyclic) bond motifs is 1. The van der Waals surface area contributed by atoms with E-state index in [0.29, 0.717) is 17.6 Å². The fraction of sp³-hybridized carbons (Fsp3) is 0.615. The van der Waals surface area contributed by atoms with Crippen molar-refractivity contribution in [2.75, 3.05) is 19.6 Å². The lowest BCUT2D eigenvalue weighted by Gasteiger charge is -2.35. The second-order valence-electron chi connectivity index (χ2n) is 5.70. The Labute approximate surface area is 111 Å². The van der Waals surface area contributed by atoms with Gasteiger partial charge in [0.1, 0.15) is 0 Å². The number of likely N-dealkylation sites (tertiary alicyclic amines) is 1. The van der Waals surface area contributed by atoms with Crippen molar-refractivity contribution in [3.05, 3.63) is 23.1 Å². The van der Waals surface area contributed by atoms with Crippen LogP contribution in [0.25, 0.3) is 0 Å². The summed E-state index contributed by atoms with van der Waals surface area (Å²) in [5.41, 5.74) is -0.134. The van der Waals surface area contributed by atoms with Gasteiger partial charge >= 0.3 is 0 Å². The van der Waals surface area contributed by atoms with Crippen molar-refractivity contribution in [1.29, 1.82) is 0 Å². The van der Waals surface area contributed by atoms with E-state index in [1.807, 2.05) is 4.90 Å². The van der Waals surface area contributed by atoms with Crippen LogP contribution >= 0.6 is 11.6 Å². The van der Waals surface area contributed by atoms with Crippen molar-refractivity contribution < 1.29 is 9.21 Å². The Morgan fingerprint density at radius 3 is 2.89 bits per heavy atom. The van der Waals surface area contributed by atoms with Gasteiger partial charge < -0.3 is 14.6 Å². The molecule has 0 spiro atoms. The SMILES string of the molecule is CC1(C)C2CNCC2CN1C(=O)c1ccc(Cl)o1. The van der Waals surface area contributed by atoms with Gasteiger partial charge in [-0.1, -0.05) is 0 Å². The van der Waals surface area contributed by atoms with Crippen LogP contribution in [0.4, 0.5) is 0 Å². The van der Waals surface area contributed by atoms with E-state index in [2.05, 4.69) is 19.2 Å². The van der Waals surface area contributed by atoms with Gasteiger partial charge in [-0.3, -0.25) is 4.79 Å². The predicted octanol–water partition coefficient (Wildman–Crippen LogP) is 2.00. The molecule has 5 heteroatoms. The summed E-state index contributed by atoms with van der Waals surface area (Å²) < 4.78 is 5.23. The number of halogens is 1. The van der Waals surface area contributed by atoms with Crippen molar-refractivity contribution in [1.82, 2.24) is 10.2 Å². The van der Waals surface area contributed by atoms with E-state index in [-0.39, 0.29) is 16.7 Å². The molecule has 0 aromatic carbocycles. The fourth-order valence-corrected chi connectivity index (χ4v) is 3.47. The number of carbonyl (C=O) groups is 1. The molecule has 0 radical (unpaired) electrons. The highest BCUT2D eigenvalue weighted by Gasteiger charge is 2.51. The van der Waals surface area contributed by atoms with Crippen LogP contribution < -0.4 is 5.32 Å². The number of nitrogens with zero attached hydrogens (tertiary/aromatic N) is 1. The Balaban J connectivity index is 1.87. The number of hydrogen-bond donors (Lipinski definition) is 1. The van der Waals surface area contributed by atoms with Crippen LogP contribution in [-0.2, 0) is 0 Å². The van der Waals surface area contributed by atoms with Gasteiger partial charge in [-0.25, -0.2) is 0 Å². The first-order valence-electron chi connectivity index (χ1n) is 6.28. The van der Waals surface area contributed by atoms with Crippen molar-refractivity contribution >= 4 is 17.5 Å². The van der Waals surface area contributed by atoms with E-state index in [0.717, 1.165) is 19.6 Å². The second kappa shape index (κ2) is 4.00. The first-order chi connectivity index (χ1) is 8.50. The van der Waals surface area contributed by atoms with Crippen molar-refractivity contribution in [3.63, 3.8) is 0 Å². The summed E-state index contributed by atoms with van der Waals surface area (Å²) in [6.07, 6.45) is 0. The van der Waals surface area contributed by atoms with Gasteiger partial charge in [0.05, 0.1) is 0 Å². The minimum Gasteiger partial charge on any atom is -0.440 e. The zero-order valence-electron chi connectivity index (χ0n) is 10.6. The summed E-state index contributed by atoms with van der Waals surface area (Å²) in [7, 11) is 0. The van der Waals surface area contributed by atoms with Crippen molar-refractivity contribution in [2.45, 2.75) is 19.4 Å². The highest BCUT2D eigenvalue weighted by atomic mass is 35.5. The number of nitrogens with one attached hydrogen (secondary N) is 1. The minimum atomic E-state index is -0.134. The Morgan fingerprint density at radius 2 is 2.28 bits per heavy atom. The van der Waals surface area contributed by atoms with Crippen LogP contribution in [0, 0.1) is 11.8 Å². The van der Waals surface area contributed by atoms with Crippen molar-refractivity contribution in [2.24, 2.45) is 11.8 Å². The lowest BCUT2D eigenvalue weighted by atomic mass is 9.85. The van der Waals surface area contributed by atoms with E-state index in [4.69, 9.17) is 16.0 Å². The lowest BCUT2D eigenvalue weighted by Crippen LogP contribution is -2.47. The zero-order chi connectivity index (χ0) is 12.9. The predicted molar refractivity (Wildman–Crippen MR) is 68.7 cm³/mol. The Kier molecular flexibility index (Phi) is 2.68. The second-order valence-corrected chi connectivity index (χ2v) is 6.07. The molecular weight excluding hydrogens is 252 g/mol. The molecule has 0 saturated carbocycles. The third-order valence-corrected chi connectivity index (χ3v) is 4.59. The molecule has 2 aliphatic rings. The average molecular weight is 269 g/mol. The van der Waals surface area contributed by atoms with E-state index >= 15 is 0 Å². The summed E-state index contributed by atoms with van der Waals surface area (Å²) >= 11 is 5.73. The molecule has 4 nitrogen and oxygen atoms in total. The maximum absolute atomic E-state index is 12.5. The van der Waals surface area contributed by atoms with Crippen LogP contribution in [0.2, 0.25) is 5.22 Å². The minimum absolute atomic E-state index is 0.0544. The molecule has 2 saturated heterocycles. The third-order valence-electron chi connectivity index (χ3n) is 4.39. The Hall–Kier alpha value is -1.00. The highest BCUT2D eigenvalue weighted by molar-refractivity contribution is 6.29. The molecule has 2 aliphatic heterocycles. The maximum atomic E-state index is 12.5. The molecule has 98 valence electrons. The molecule has 3 heterocycles. The highest BCUT2D eigenvalue weighted by Crippen LogP contribution is 2.41. The van der Waals surface area contributed by atoms with Crippen LogP contribution in [0.3, 0.4) is 0 Å². The molecule has 2 atom stereocenters. The molecule has 18 heavy (non-hydrogen) atoms. The molecule has 1 aromatic heterocycles. The standard InChI is InChI=1S/C13H17ClN2O2/c1-13(2)9-6-15-5-8(9)7-16(13)12(17)10-3-4-11(14)18-10/h3-4,8-9,15H,5-7H2,1-2H3. The maximum Gasteiger partial charge on any atom is 0.290 e. The largest absolute Gasteiger partial charge is 0.440 e. The Bertz CT molecular complexity index is 483. The summed E-state index contributed by atoms with van der Waals surface area (Å²) in [5, 5.41) is 3.66. The smallest absolute Gasteiger partial charge is 0.290 e. The quantitative estimate of drug-likeness (QED) is 0.847. The third kappa shape index (κ3) is 1.67. The fourth-order valence-electron chi connectivity index (χ4n) is 3.33. The van der Waals surface area contributed by atoms with E-state index < -0.39 is 0 Å². The first kappa shape index (κ1) is 12.1. The van der Waals surface area contributed by atoms with Gasteiger partial charge in [0, 0.05) is 25.2 Å². The molecular formula is C13H17ClN2O2. The summed E-state index contributed by atoms with van der Waals surface area (Å²) in [6.45, 7) is 7.04. The van der Waals surface area contributed by atoms with Gasteiger partial charge in [0.15, 0.2) is 11.0 Å². The van der Waals surface area contributed by atoms with Gasteiger partial charge in [0.25, 0.3) is 5.91 Å². The lowest BCUT2D eigenvalue weighted by molar-refractivity contribution is 0.0571. The number of hydrogen-bond acceptors (Lipinski definition) is 3. The number of rotatable bonds is 1. The van der Waals surface area contributed by atoms with Crippen LogP contribution in [0.15, 0.2) is 16.5 Å². The topological polar surface area (TPSA) is 45.5 Å². The molecule has 0 aliphatic carbocycles. The van der Waals surface area contributed by atoms with Crippen LogP contribution in [-0.4, -0.2) is 36.0 Å². The summed E-state index contributed by atoms with van der Waals surface area (Å²) in [5.74, 6) is 1.35. The molecule has 1 amide bonds. The Morgan fingerprint density at radius 1 is 1.50 bits per heavy atom. The normalized spacial score (nSPS) is 29.6. The van der Waals surface area contributed by atoms with Crippen molar-refractivity contribution in [3.8, 4) is 0 Å².